The number of rotatable bonds is 6. The second kappa shape index (κ2) is 9.19. The van der Waals surface area contributed by atoms with Gasteiger partial charge in [0.1, 0.15) is 11.5 Å². The van der Waals surface area contributed by atoms with Crippen molar-refractivity contribution in [1.82, 2.24) is 5.32 Å². The fraction of sp³-hybridized carbons (Fsp3) is 0.435. The Hall–Kier alpha value is -2.45. The van der Waals surface area contributed by atoms with Crippen molar-refractivity contribution < 1.29 is 22.7 Å². The zero-order valence-electron chi connectivity index (χ0n) is 19.1. The molecule has 3 rings (SSSR count). The summed E-state index contributed by atoms with van der Waals surface area (Å²) in [4.78, 5) is 13.1. The number of ether oxygens (including phenoxy) is 2. The molecule has 0 saturated carbocycles. The number of halogens is 1. The van der Waals surface area contributed by atoms with Crippen molar-refractivity contribution in [3.05, 3.63) is 52.0 Å². The van der Waals surface area contributed by atoms with Crippen LogP contribution in [-0.2, 0) is 14.8 Å². The third kappa shape index (κ3) is 4.96. The predicted molar refractivity (Wildman–Crippen MR) is 126 cm³/mol. The summed E-state index contributed by atoms with van der Waals surface area (Å²) in [6, 6.07) is 8.39. The summed E-state index contributed by atoms with van der Waals surface area (Å²) >= 11 is 6.03. The highest BCUT2D eigenvalue weighted by Gasteiger charge is 2.35. The van der Waals surface area contributed by atoms with Crippen LogP contribution in [0.3, 0.4) is 0 Å². The number of sulfonamides is 1. The summed E-state index contributed by atoms with van der Waals surface area (Å²) in [5.41, 5.74) is 3.33. The van der Waals surface area contributed by atoms with Crippen molar-refractivity contribution in [3.8, 4) is 11.5 Å². The highest BCUT2D eigenvalue weighted by molar-refractivity contribution is 7.92. The van der Waals surface area contributed by atoms with E-state index in [2.05, 4.69) is 19.2 Å². The van der Waals surface area contributed by atoms with Gasteiger partial charge in [-0.25, -0.2) is 8.42 Å². The van der Waals surface area contributed by atoms with Gasteiger partial charge < -0.3 is 14.8 Å². The molecule has 2 aromatic carbocycles. The van der Waals surface area contributed by atoms with E-state index in [1.165, 1.54) is 6.07 Å². The Morgan fingerprint density at radius 3 is 2.50 bits per heavy atom. The van der Waals surface area contributed by atoms with Crippen LogP contribution in [0.4, 0.5) is 5.69 Å². The lowest BCUT2D eigenvalue weighted by Crippen LogP contribution is -2.50. The maximum Gasteiger partial charge on any atom is 0.263 e. The van der Waals surface area contributed by atoms with Gasteiger partial charge in [-0.1, -0.05) is 25.4 Å². The number of nitrogens with one attached hydrogen (secondary N) is 1. The number of benzene rings is 2. The van der Waals surface area contributed by atoms with E-state index in [-0.39, 0.29) is 18.5 Å². The fourth-order valence-corrected chi connectivity index (χ4v) is 4.94. The fourth-order valence-electron chi connectivity index (χ4n) is 3.87. The summed E-state index contributed by atoms with van der Waals surface area (Å²) in [6.07, 6.45) is 0.0957. The highest BCUT2D eigenvalue weighted by atomic mass is 35.5. The third-order valence-corrected chi connectivity index (χ3v) is 6.93. The second-order valence-corrected chi connectivity index (χ2v) is 10.7. The summed E-state index contributed by atoms with van der Waals surface area (Å²) < 4.78 is 37.2. The van der Waals surface area contributed by atoms with E-state index >= 15 is 0 Å². The van der Waals surface area contributed by atoms with Gasteiger partial charge in [0.15, 0.2) is 6.10 Å². The lowest BCUT2D eigenvalue weighted by molar-refractivity contribution is -0.128. The van der Waals surface area contributed by atoms with Gasteiger partial charge in [0.25, 0.3) is 5.91 Å². The standard InChI is InChI=1S/C23H29ClN2O5S/c1-13(2)17-11-18(14(3)9-21(17)30-5)15(4)25-23(27)22-12-26(32(6,28)29)19-10-16(24)7-8-20(19)31-22/h7-11,13,15,22H,12H2,1-6H3,(H,25,27). The Labute approximate surface area is 194 Å². The number of anilines is 1. The van der Waals surface area contributed by atoms with Gasteiger partial charge in [0.05, 0.1) is 31.6 Å². The van der Waals surface area contributed by atoms with E-state index in [9.17, 15) is 13.2 Å². The SMILES string of the molecule is COc1cc(C)c(C(C)NC(=O)C2CN(S(C)(=O)=O)c3cc(Cl)ccc3O2)cc1C(C)C. The Morgan fingerprint density at radius 1 is 1.22 bits per heavy atom. The summed E-state index contributed by atoms with van der Waals surface area (Å²) in [6.45, 7) is 7.89. The minimum atomic E-state index is -3.63. The Bertz CT molecular complexity index is 1130. The topological polar surface area (TPSA) is 84.9 Å². The molecule has 0 bridgehead atoms. The van der Waals surface area contributed by atoms with E-state index < -0.39 is 22.0 Å². The molecule has 174 valence electrons. The number of carbonyl (C=O) groups excluding carboxylic acids is 1. The van der Waals surface area contributed by atoms with Crippen molar-refractivity contribution in [2.24, 2.45) is 0 Å². The van der Waals surface area contributed by atoms with E-state index in [0.29, 0.717) is 16.5 Å². The number of fused-ring (bicyclic) bond motifs is 1. The zero-order valence-corrected chi connectivity index (χ0v) is 20.7. The van der Waals surface area contributed by atoms with Gasteiger partial charge in [-0.05, 0) is 66.8 Å². The molecule has 2 aromatic rings. The molecule has 7 nitrogen and oxygen atoms in total. The molecule has 32 heavy (non-hydrogen) atoms. The van der Waals surface area contributed by atoms with Crippen molar-refractivity contribution in [2.45, 2.75) is 45.8 Å². The van der Waals surface area contributed by atoms with Crippen LogP contribution in [-0.4, -0.2) is 40.3 Å². The van der Waals surface area contributed by atoms with Gasteiger partial charge in [0.2, 0.25) is 10.0 Å². The number of aryl methyl sites for hydroxylation is 1. The lowest BCUT2D eigenvalue weighted by Gasteiger charge is -2.34. The first-order valence-electron chi connectivity index (χ1n) is 10.3. The molecule has 1 amide bonds. The quantitative estimate of drug-likeness (QED) is 0.670. The van der Waals surface area contributed by atoms with E-state index in [0.717, 1.165) is 33.0 Å². The smallest absolute Gasteiger partial charge is 0.263 e. The van der Waals surface area contributed by atoms with Crippen LogP contribution in [0.15, 0.2) is 30.3 Å². The molecule has 2 atom stereocenters. The molecule has 1 N–H and O–H groups in total. The number of nitrogens with zero attached hydrogens (tertiary/aromatic N) is 1. The number of carbonyl (C=O) groups is 1. The molecule has 0 saturated heterocycles. The molecule has 0 fully saturated rings. The van der Waals surface area contributed by atoms with Crippen LogP contribution in [0.2, 0.25) is 5.02 Å². The van der Waals surface area contributed by atoms with Crippen molar-refractivity contribution in [2.75, 3.05) is 24.2 Å². The van der Waals surface area contributed by atoms with Crippen molar-refractivity contribution in [1.29, 1.82) is 0 Å². The van der Waals surface area contributed by atoms with E-state index in [4.69, 9.17) is 21.1 Å². The van der Waals surface area contributed by atoms with Crippen LogP contribution < -0.4 is 19.1 Å². The molecular weight excluding hydrogens is 452 g/mol. The monoisotopic (exact) mass is 480 g/mol. The molecule has 1 aliphatic rings. The minimum Gasteiger partial charge on any atom is -0.496 e. The maximum atomic E-state index is 13.1. The summed E-state index contributed by atoms with van der Waals surface area (Å²) in [5, 5.41) is 3.36. The van der Waals surface area contributed by atoms with Crippen LogP contribution in [0.25, 0.3) is 0 Å². The number of hydrogen-bond donors (Lipinski definition) is 1. The van der Waals surface area contributed by atoms with Crippen molar-refractivity contribution in [3.63, 3.8) is 0 Å². The lowest BCUT2D eigenvalue weighted by atomic mass is 9.93. The number of hydrogen-bond acceptors (Lipinski definition) is 5. The van der Waals surface area contributed by atoms with Gasteiger partial charge in [0, 0.05) is 5.02 Å². The van der Waals surface area contributed by atoms with Gasteiger partial charge in [-0.15, -0.1) is 0 Å². The maximum absolute atomic E-state index is 13.1. The summed E-state index contributed by atoms with van der Waals surface area (Å²) in [7, 11) is -1.99. The average molecular weight is 481 g/mol. The van der Waals surface area contributed by atoms with Gasteiger partial charge in [-0.2, -0.15) is 0 Å². The van der Waals surface area contributed by atoms with Gasteiger partial charge in [-0.3, -0.25) is 9.10 Å². The third-order valence-electron chi connectivity index (χ3n) is 5.55. The Morgan fingerprint density at radius 2 is 1.91 bits per heavy atom. The second-order valence-electron chi connectivity index (χ2n) is 8.35. The largest absolute Gasteiger partial charge is 0.496 e. The van der Waals surface area contributed by atoms with Crippen molar-refractivity contribution >= 4 is 33.2 Å². The normalized spacial score (nSPS) is 16.9. The Balaban J connectivity index is 1.86. The first-order valence-corrected chi connectivity index (χ1v) is 12.6. The first kappa shape index (κ1) is 24.2. The number of methoxy groups -OCH3 is 1. The zero-order chi connectivity index (χ0) is 23.8. The van der Waals surface area contributed by atoms with Crippen LogP contribution in [0.1, 0.15) is 49.4 Å². The van der Waals surface area contributed by atoms with E-state index in [1.54, 1.807) is 19.2 Å². The molecular formula is C23H29ClN2O5S. The van der Waals surface area contributed by atoms with Gasteiger partial charge >= 0.3 is 0 Å². The molecule has 0 radical (unpaired) electrons. The Kier molecular flexibility index (Phi) is 6.95. The molecule has 1 aliphatic heterocycles. The number of amides is 1. The van der Waals surface area contributed by atoms with Crippen LogP contribution in [0.5, 0.6) is 11.5 Å². The van der Waals surface area contributed by atoms with Crippen LogP contribution >= 0.6 is 11.6 Å². The average Bonchev–Trinajstić information content (AvgIpc) is 2.71. The van der Waals surface area contributed by atoms with Crippen LogP contribution in [0, 0.1) is 6.92 Å². The molecule has 0 spiro atoms. The molecule has 2 unspecified atom stereocenters. The molecule has 0 aromatic heterocycles. The summed E-state index contributed by atoms with van der Waals surface area (Å²) in [5.74, 6) is 0.963. The first-order chi connectivity index (χ1) is 14.9. The minimum absolute atomic E-state index is 0.135. The molecule has 1 heterocycles. The van der Waals surface area contributed by atoms with E-state index in [1.807, 2.05) is 26.0 Å². The predicted octanol–water partition coefficient (Wildman–Crippen LogP) is 4.18. The molecule has 9 heteroatoms. The highest BCUT2D eigenvalue weighted by Crippen LogP contribution is 2.37. The molecule has 0 aliphatic carbocycles.